The summed E-state index contributed by atoms with van der Waals surface area (Å²) in [5, 5.41) is 0. The van der Waals surface area contributed by atoms with Crippen molar-refractivity contribution < 1.29 is 0 Å². The van der Waals surface area contributed by atoms with E-state index in [4.69, 9.17) is 5.73 Å². The van der Waals surface area contributed by atoms with Gasteiger partial charge in [-0.25, -0.2) is 0 Å². The standard InChI is InChI=1S/C17H28N2/c1-13(2)17(18)10-11-19(3)16-9-8-14-6-4-5-7-15(14)12-16/h4-7,13,16-17H,8-12,18H2,1-3H3. The Labute approximate surface area is 118 Å². The van der Waals surface area contributed by atoms with Gasteiger partial charge in [0.25, 0.3) is 0 Å². The molecule has 0 aliphatic heterocycles. The van der Waals surface area contributed by atoms with Gasteiger partial charge < -0.3 is 10.6 Å². The van der Waals surface area contributed by atoms with Gasteiger partial charge in [0.05, 0.1) is 0 Å². The number of hydrogen-bond donors (Lipinski definition) is 1. The highest BCUT2D eigenvalue weighted by Crippen LogP contribution is 2.24. The van der Waals surface area contributed by atoms with Crippen LogP contribution in [0.5, 0.6) is 0 Å². The Bertz CT molecular complexity index is 400. The van der Waals surface area contributed by atoms with Gasteiger partial charge in [-0.1, -0.05) is 38.1 Å². The molecular weight excluding hydrogens is 232 g/mol. The van der Waals surface area contributed by atoms with E-state index < -0.39 is 0 Å². The van der Waals surface area contributed by atoms with Gasteiger partial charge in [-0.15, -0.1) is 0 Å². The van der Waals surface area contributed by atoms with Crippen LogP contribution in [0, 0.1) is 5.92 Å². The summed E-state index contributed by atoms with van der Waals surface area (Å²) in [5.41, 5.74) is 9.23. The van der Waals surface area contributed by atoms with Crippen LogP contribution in [0.15, 0.2) is 24.3 Å². The summed E-state index contributed by atoms with van der Waals surface area (Å²) in [6.07, 6.45) is 4.81. The Morgan fingerprint density at radius 1 is 1.26 bits per heavy atom. The van der Waals surface area contributed by atoms with Crippen molar-refractivity contribution in [2.24, 2.45) is 11.7 Å². The lowest BCUT2D eigenvalue weighted by Crippen LogP contribution is -2.39. The molecule has 2 heteroatoms. The Morgan fingerprint density at radius 2 is 1.95 bits per heavy atom. The summed E-state index contributed by atoms with van der Waals surface area (Å²) in [6.45, 7) is 5.54. The van der Waals surface area contributed by atoms with Crippen molar-refractivity contribution in [1.29, 1.82) is 0 Å². The summed E-state index contributed by atoms with van der Waals surface area (Å²) in [4.78, 5) is 2.51. The minimum Gasteiger partial charge on any atom is -0.327 e. The molecule has 2 N–H and O–H groups in total. The first kappa shape index (κ1) is 14.5. The van der Waals surface area contributed by atoms with E-state index in [1.807, 2.05) is 0 Å². The quantitative estimate of drug-likeness (QED) is 0.882. The van der Waals surface area contributed by atoms with E-state index in [1.54, 1.807) is 11.1 Å². The Hall–Kier alpha value is -0.860. The summed E-state index contributed by atoms with van der Waals surface area (Å²) >= 11 is 0. The van der Waals surface area contributed by atoms with E-state index in [0.717, 1.165) is 13.0 Å². The van der Waals surface area contributed by atoms with Gasteiger partial charge in [-0.2, -0.15) is 0 Å². The first-order chi connectivity index (χ1) is 9.08. The van der Waals surface area contributed by atoms with Crippen LogP contribution < -0.4 is 5.73 Å². The molecule has 2 rings (SSSR count). The second kappa shape index (κ2) is 6.53. The number of rotatable bonds is 5. The lowest BCUT2D eigenvalue weighted by atomic mass is 9.87. The van der Waals surface area contributed by atoms with Gasteiger partial charge in [0, 0.05) is 12.1 Å². The molecule has 0 fully saturated rings. The molecular formula is C17H28N2. The lowest BCUT2D eigenvalue weighted by Gasteiger charge is -2.33. The third kappa shape index (κ3) is 3.80. The number of benzene rings is 1. The van der Waals surface area contributed by atoms with Crippen LogP contribution in [0.25, 0.3) is 0 Å². The fraction of sp³-hybridized carbons (Fsp3) is 0.647. The lowest BCUT2D eigenvalue weighted by molar-refractivity contribution is 0.209. The summed E-state index contributed by atoms with van der Waals surface area (Å²) < 4.78 is 0. The highest BCUT2D eigenvalue weighted by atomic mass is 15.1. The molecule has 0 radical (unpaired) electrons. The minimum atomic E-state index is 0.332. The third-order valence-corrected chi connectivity index (χ3v) is 4.62. The van der Waals surface area contributed by atoms with E-state index in [2.05, 4.69) is 50.1 Å². The van der Waals surface area contributed by atoms with E-state index in [1.165, 1.54) is 19.3 Å². The van der Waals surface area contributed by atoms with Crippen LogP contribution in [0.1, 0.15) is 37.8 Å². The largest absolute Gasteiger partial charge is 0.327 e. The summed E-state index contributed by atoms with van der Waals surface area (Å²) in [6, 6.07) is 9.91. The topological polar surface area (TPSA) is 29.3 Å². The molecule has 0 saturated carbocycles. The number of aryl methyl sites for hydroxylation is 1. The van der Waals surface area contributed by atoms with Crippen LogP contribution in [0.4, 0.5) is 0 Å². The summed E-state index contributed by atoms with van der Waals surface area (Å²) in [7, 11) is 2.26. The molecule has 0 bridgehead atoms. The van der Waals surface area contributed by atoms with Gasteiger partial charge in [-0.3, -0.25) is 0 Å². The van der Waals surface area contributed by atoms with Gasteiger partial charge in [0.15, 0.2) is 0 Å². The van der Waals surface area contributed by atoms with Gasteiger partial charge in [0.2, 0.25) is 0 Å². The first-order valence-electron chi connectivity index (χ1n) is 7.60. The molecule has 0 amide bonds. The van der Waals surface area contributed by atoms with Gasteiger partial charge in [0.1, 0.15) is 0 Å². The molecule has 1 aromatic carbocycles. The van der Waals surface area contributed by atoms with Crippen LogP contribution in [-0.4, -0.2) is 30.6 Å². The third-order valence-electron chi connectivity index (χ3n) is 4.62. The van der Waals surface area contributed by atoms with Crippen molar-refractivity contribution in [2.75, 3.05) is 13.6 Å². The van der Waals surface area contributed by atoms with E-state index in [-0.39, 0.29) is 0 Å². The highest BCUT2D eigenvalue weighted by molar-refractivity contribution is 5.30. The smallest absolute Gasteiger partial charge is 0.0136 e. The zero-order valence-corrected chi connectivity index (χ0v) is 12.6. The van der Waals surface area contributed by atoms with Crippen molar-refractivity contribution >= 4 is 0 Å². The molecule has 0 spiro atoms. The normalized spacial score (nSPS) is 20.6. The van der Waals surface area contributed by atoms with Crippen molar-refractivity contribution in [2.45, 2.75) is 51.6 Å². The van der Waals surface area contributed by atoms with Crippen molar-refractivity contribution in [3.8, 4) is 0 Å². The Morgan fingerprint density at radius 3 is 2.63 bits per heavy atom. The van der Waals surface area contributed by atoms with E-state index >= 15 is 0 Å². The Balaban J connectivity index is 1.87. The first-order valence-corrected chi connectivity index (χ1v) is 7.60. The molecule has 0 heterocycles. The van der Waals surface area contributed by atoms with Crippen molar-refractivity contribution in [3.05, 3.63) is 35.4 Å². The van der Waals surface area contributed by atoms with Crippen LogP contribution >= 0.6 is 0 Å². The Kier molecular flexibility index (Phi) is 5.00. The fourth-order valence-corrected chi connectivity index (χ4v) is 2.92. The van der Waals surface area contributed by atoms with E-state index in [9.17, 15) is 0 Å². The molecule has 1 aliphatic rings. The second-order valence-corrected chi connectivity index (χ2v) is 6.34. The molecule has 19 heavy (non-hydrogen) atoms. The minimum absolute atomic E-state index is 0.332. The maximum atomic E-state index is 6.14. The van der Waals surface area contributed by atoms with Crippen molar-refractivity contribution in [3.63, 3.8) is 0 Å². The number of nitrogens with zero attached hydrogens (tertiary/aromatic N) is 1. The molecule has 2 unspecified atom stereocenters. The molecule has 1 aromatic rings. The fourth-order valence-electron chi connectivity index (χ4n) is 2.92. The highest BCUT2D eigenvalue weighted by Gasteiger charge is 2.22. The molecule has 2 atom stereocenters. The zero-order valence-electron chi connectivity index (χ0n) is 12.6. The molecule has 0 saturated heterocycles. The summed E-state index contributed by atoms with van der Waals surface area (Å²) in [5.74, 6) is 0.584. The van der Waals surface area contributed by atoms with Gasteiger partial charge in [-0.05, 0) is 56.3 Å². The average Bonchev–Trinajstić information content (AvgIpc) is 2.43. The predicted octanol–water partition coefficient (Wildman–Crippen LogP) is 2.85. The van der Waals surface area contributed by atoms with E-state index in [0.29, 0.717) is 18.0 Å². The average molecular weight is 260 g/mol. The number of likely N-dealkylation sites (N-methyl/N-ethyl adjacent to an activating group) is 1. The van der Waals surface area contributed by atoms with Crippen LogP contribution in [-0.2, 0) is 12.8 Å². The molecule has 1 aliphatic carbocycles. The monoisotopic (exact) mass is 260 g/mol. The second-order valence-electron chi connectivity index (χ2n) is 6.34. The SMILES string of the molecule is CC(C)C(N)CCN(C)C1CCc2ccccc2C1. The number of hydrogen-bond acceptors (Lipinski definition) is 2. The maximum Gasteiger partial charge on any atom is 0.0136 e. The molecule has 106 valence electrons. The molecule has 2 nitrogen and oxygen atoms in total. The number of nitrogens with two attached hydrogens (primary N) is 1. The zero-order chi connectivity index (χ0) is 13.8. The van der Waals surface area contributed by atoms with Crippen molar-refractivity contribution in [1.82, 2.24) is 4.90 Å². The van der Waals surface area contributed by atoms with Crippen LogP contribution in [0.2, 0.25) is 0 Å². The van der Waals surface area contributed by atoms with Crippen LogP contribution in [0.3, 0.4) is 0 Å². The predicted molar refractivity (Wildman–Crippen MR) is 82.3 cm³/mol. The molecule has 0 aromatic heterocycles. The maximum absolute atomic E-state index is 6.14. The number of fused-ring (bicyclic) bond motifs is 1. The van der Waals surface area contributed by atoms with Gasteiger partial charge >= 0.3 is 0 Å².